The average molecular weight is 1140 g/mol. The molecule has 18 rings (SSSR count). The third-order valence-corrected chi connectivity index (χ3v) is 21.1. The van der Waals surface area contributed by atoms with Crippen molar-refractivity contribution in [1.29, 1.82) is 10.5 Å². The molecule has 0 atom stereocenters. The predicted octanol–water partition coefficient (Wildman–Crippen LogP) is 15.0. The number of nitrogens with zero attached hydrogens (tertiary/aromatic N) is 6. The molecule has 0 radical (unpaired) electrons. The van der Waals surface area contributed by atoms with Gasteiger partial charge in [0.25, 0.3) is 0 Å². The van der Waals surface area contributed by atoms with Gasteiger partial charge < -0.3 is 0 Å². The van der Waals surface area contributed by atoms with Gasteiger partial charge in [0.15, 0.2) is 0 Å². The third kappa shape index (κ3) is 6.53. The van der Waals surface area contributed by atoms with Crippen LogP contribution in [0.4, 0.5) is 17.1 Å². The Bertz CT molecular complexity index is 5560. The van der Waals surface area contributed by atoms with E-state index in [4.69, 9.17) is 0 Å². The van der Waals surface area contributed by atoms with Gasteiger partial charge in [-0.15, -0.1) is 0 Å². The van der Waals surface area contributed by atoms with Gasteiger partial charge in [0.2, 0.25) is 0 Å². The second kappa shape index (κ2) is 17.6. The summed E-state index contributed by atoms with van der Waals surface area (Å²) in [5.41, 5.74) is 20.9. The zero-order chi connectivity index (χ0) is 54.6. The first kappa shape index (κ1) is 46.4. The molecule has 0 spiro atoms. The second-order valence-electron chi connectivity index (χ2n) is 21.7. The van der Waals surface area contributed by atoms with Gasteiger partial charge in [0, 0.05) is 0 Å². The number of aromatic nitrogens is 3. The van der Waals surface area contributed by atoms with E-state index < -0.39 is 0 Å². The first-order chi connectivity index (χ1) is 41.1. The molecular formula is C74H41BN6SSe. The van der Waals surface area contributed by atoms with E-state index in [-0.39, 0.29) is 21.7 Å². The molecule has 0 saturated heterocycles. The molecule has 83 heavy (non-hydrogen) atoms. The maximum absolute atomic E-state index is 10.3. The molecule has 382 valence electrons. The summed E-state index contributed by atoms with van der Waals surface area (Å²) in [5.74, 6) is 0. The number of para-hydroxylation sites is 5. The molecule has 0 amide bonds. The molecule has 0 aliphatic carbocycles. The Morgan fingerprint density at radius 1 is 0.373 bits per heavy atom. The van der Waals surface area contributed by atoms with E-state index in [0.29, 0.717) is 11.1 Å². The monoisotopic (exact) mass is 1140 g/mol. The zero-order valence-corrected chi connectivity index (χ0v) is 46.8. The van der Waals surface area contributed by atoms with E-state index in [0.717, 1.165) is 83.2 Å². The van der Waals surface area contributed by atoms with Gasteiger partial charge in [-0.25, -0.2) is 0 Å². The predicted molar refractivity (Wildman–Crippen MR) is 348 cm³/mol. The van der Waals surface area contributed by atoms with Crippen molar-refractivity contribution in [2.45, 2.75) is 0 Å². The molecular weight excluding hydrogens is 1090 g/mol. The van der Waals surface area contributed by atoms with Crippen LogP contribution in [0.3, 0.4) is 0 Å². The van der Waals surface area contributed by atoms with E-state index >= 15 is 0 Å². The van der Waals surface area contributed by atoms with Crippen LogP contribution in [0.25, 0.3) is 114 Å². The summed E-state index contributed by atoms with van der Waals surface area (Å²) in [5, 5.41) is 29.6. The summed E-state index contributed by atoms with van der Waals surface area (Å²) in [7, 11) is 0. The first-order valence-electron chi connectivity index (χ1n) is 27.9. The topological polar surface area (TPSA) is 65.6 Å². The molecule has 0 N–H and O–H groups in total. The minimum absolute atomic E-state index is 0.140. The zero-order valence-electron chi connectivity index (χ0n) is 44.2. The Labute approximate surface area is 487 Å². The Kier molecular flexibility index (Phi) is 9.81. The summed E-state index contributed by atoms with van der Waals surface area (Å²) in [6.45, 7) is -0.140. The van der Waals surface area contributed by atoms with Gasteiger partial charge in [-0.05, 0) is 0 Å². The van der Waals surface area contributed by atoms with Gasteiger partial charge in [-0.1, -0.05) is 0 Å². The van der Waals surface area contributed by atoms with Crippen molar-refractivity contribution in [3.8, 4) is 40.3 Å². The number of nitriles is 2. The normalized spacial score (nSPS) is 12.7. The maximum atomic E-state index is 10.3. The molecule has 0 bridgehead atoms. The van der Waals surface area contributed by atoms with E-state index in [1.165, 1.54) is 73.0 Å². The number of hydrogen-bond acceptors (Lipinski definition) is 4. The Morgan fingerprint density at radius 2 is 0.892 bits per heavy atom. The van der Waals surface area contributed by atoms with Crippen molar-refractivity contribution in [3.63, 3.8) is 0 Å². The van der Waals surface area contributed by atoms with Crippen LogP contribution >= 0.6 is 11.3 Å². The molecule has 6 nitrogen and oxygen atoms in total. The van der Waals surface area contributed by atoms with Crippen LogP contribution in [0.2, 0.25) is 0 Å². The van der Waals surface area contributed by atoms with Crippen LogP contribution in [0.5, 0.6) is 0 Å². The van der Waals surface area contributed by atoms with Crippen molar-refractivity contribution in [1.82, 2.24) is 13.7 Å². The van der Waals surface area contributed by atoms with Gasteiger partial charge in [-0.3, -0.25) is 0 Å². The third-order valence-electron chi connectivity index (χ3n) is 17.5. The molecule has 0 fully saturated rings. The number of thiophene rings is 1. The number of rotatable bonds is 5. The van der Waals surface area contributed by atoms with Crippen molar-refractivity contribution in [2.24, 2.45) is 0 Å². The van der Waals surface area contributed by atoms with E-state index in [9.17, 15) is 10.5 Å². The van der Waals surface area contributed by atoms with Crippen LogP contribution in [0, 0.1) is 22.7 Å². The Balaban J connectivity index is 1.00. The first-order valence-corrected chi connectivity index (χ1v) is 30.4. The molecule has 16 aromatic rings. The molecule has 12 aromatic carbocycles. The fourth-order valence-corrected chi connectivity index (χ4v) is 18.0. The Morgan fingerprint density at radius 3 is 1.55 bits per heavy atom. The molecule has 4 aromatic heterocycles. The van der Waals surface area contributed by atoms with E-state index in [2.05, 4.69) is 261 Å². The average Bonchev–Trinajstić information content (AvgIpc) is 2.42. The van der Waals surface area contributed by atoms with Gasteiger partial charge in [-0.2, -0.15) is 5.26 Å². The van der Waals surface area contributed by atoms with E-state index in [1.807, 2.05) is 29.5 Å². The van der Waals surface area contributed by atoms with Crippen molar-refractivity contribution < 1.29 is 0 Å². The van der Waals surface area contributed by atoms with Gasteiger partial charge in [0.1, 0.15) is 0 Å². The van der Waals surface area contributed by atoms with Gasteiger partial charge >= 0.3 is 479 Å². The van der Waals surface area contributed by atoms with Crippen LogP contribution in [0.1, 0.15) is 11.1 Å². The summed E-state index contributed by atoms with van der Waals surface area (Å²) < 4.78 is 12.6. The summed E-state index contributed by atoms with van der Waals surface area (Å²) in [4.78, 5) is 2.63. The Hall–Kier alpha value is -10.4. The second-order valence-corrected chi connectivity index (χ2v) is 25.1. The fourth-order valence-electron chi connectivity index (χ4n) is 14.1. The number of anilines is 3. The molecule has 2 aliphatic rings. The molecule has 6 heterocycles. The molecule has 0 saturated carbocycles. The summed E-state index contributed by atoms with van der Waals surface area (Å²) in [6, 6.07) is 95.7. The molecule has 2 aliphatic heterocycles. The molecule has 0 unspecified atom stereocenters. The quantitative estimate of drug-likeness (QED) is 0.161. The van der Waals surface area contributed by atoms with Crippen molar-refractivity contribution in [3.05, 3.63) is 260 Å². The van der Waals surface area contributed by atoms with Crippen LogP contribution in [0.15, 0.2) is 249 Å². The SMILES string of the molecule is N#Cc1ccc2c(c1)c1ccccc1n2-c1ccc2c(c1)[Se]c1cc(-n3c4ccccc4c4ccccc43)cc3c1B2c1c(cc(-n2c4ccccc4c4cc(C#N)ccc42)c2c1sc1ccccc12)N3c1ccccc1-c1ccccc1. The number of hydrogen-bond donors (Lipinski definition) is 0. The summed E-state index contributed by atoms with van der Waals surface area (Å²) >= 11 is 1.75. The fraction of sp³-hybridized carbons (Fsp3) is 0. The van der Waals surface area contributed by atoms with Crippen LogP contribution in [-0.2, 0) is 0 Å². The van der Waals surface area contributed by atoms with Crippen LogP contribution < -0.4 is 30.2 Å². The number of benzene rings is 12. The number of fused-ring (bicyclic) bond motifs is 17. The van der Waals surface area contributed by atoms with Crippen LogP contribution in [-0.4, -0.2) is 35.4 Å². The molecule has 9 heteroatoms. The van der Waals surface area contributed by atoms with Crippen molar-refractivity contribution in [2.75, 3.05) is 4.90 Å². The standard InChI is InChI=1S/C74H41BN6SSe/c76-42-44-30-34-63-55(36-44)52-21-7-13-27-61(52)78(63)47-32-33-57-69(39-47)83-70-40-48(79-59-25-11-5-19-50(59)51-20-6-12-26-60(51)79)38-66-72(70)75(57)73-67(81(66)58-24-10-4-18-49(58)46-16-2-1-3-17-46)41-65(71-54-23-9-15-29-68(54)82-74(71)73)80-62-28-14-8-22-53(62)56-37-45(43-77)31-35-64(56)80/h1-41H. The van der Waals surface area contributed by atoms with E-state index in [1.54, 1.807) is 0 Å². The minimum atomic E-state index is -0.153. The summed E-state index contributed by atoms with van der Waals surface area (Å²) in [6.07, 6.45) is 0. The van der Waals surface area contributed by atoms with Gasteiger partial charge in [0.05, 0.1) is 6.07 Å². The van der Waals surface area contributed by atoms with Crippen molar-refractivity contribution >= 4 is 161 Å².